The van der Waals surface area contributed by atoms with Crippen molar-refractivity contribution >= 4 is 17.5 Å². The van der Waals surface area contributed by atoms with Gasteiger partial charge in [-0.2, -0.15) is 4.52 Å². The van der Waals surface area contributed by atoms with Gasteiger partial charge in [-0.1, -0.05) is 0 Å². The van der Waals surface area contributed by atoms with Gasteiger partial charge in [0.25, 0.3) is 6.01 Å². The van der Waals surface area contributed by atoms with Crippen molar-refractivity contribution in [2.45, 2.75) is 25.2 Å². The summed E-state index contributed by atoms with van der Waals surface area (Å²) >= 11 is 0. The minimum absolute atomic E-state index is 0.366. The van der Waals surface area contributed by atoms with Crippen molar-refractivity contribution in [3.05, 3.63) is 30.4 Å². The van der Waals surface area contributed by atoms with Crippen LogP contribution >= 0.6 is 0 Å². The van der Waals surface area contributed by atoms with Gasteiger partial charge in [0.1, 0.15) is 12.1 Å². The number of oxazole rings is 1. The summed E-state index contributed by atoms with van der Waals surface area (Å²) in [6.45, 7) is 3.99. The summed E-state index contributed by atoms with van der Waals surface area (Å²) < 4.78 is 7.32. The fourth-order valence-corrected chi connectivity index (χ4v) is 3.47. The molecule has 0 radical (unpaired) electrons. The first-order valence-corrected chi connectivity index (χ1v) is 8.50. The van der Waals surface area contributed by atoms with Crippen molar-refractivity contribution < 1.29 is 4.42 Å². The van der Waals surface area contributed by atoms with Crippen LogP contribution in [0.1, 0.15) is 31.0 Å². The van der Waals surface area contributed by atoms with Crippen LogP contribution in [0.25, 0.3) is 5.65 Å². The summed E-state index contributed by atoms with van der Waals surface area (Å²) in [5, 5.41) is 13.5. The van der Waals surface area contributed by atoms with Crippen molar-refractivity contribution in [2.24, 2.45) is 0 Å². The third kappa shape index (κ3) is 2.21. The number of hydrogen-bond acceptors (Lipinski definition) is 7. The van der Waals surface area contributed by atoms with Gasteiger partial charge in [0.2, 0.25) is 0 Å². The number of nitrogens with zero attached hydrogens (tertiary/aromatic N) is 7. The predicted octanol–water partition coefficient (Wildman–Crippen LogP) is 1.71. The first-order valence-electron chi connectivity index (χ1n) is 8.50. The molecule has 2 aliphatic rings. The predicted molar refractivity (Wildman–Crippen MR) is 88.3 cm³/mol. The third-order valence-electron chi connectivity index (χ3n) is 5.00. The minimum atomic E-state index is 0.366. The Balaban J connectivity index is 1.38. The molecule has 0 saturated carbocycles. The van der Waals surface area contributed by atoms with Gasteiger partial charge in [-0.3, -0.25) is 0 Å². The van der Waals surface area contributed by atoms with Gasteiger partial charge in [-0.15, -0.1) is 15.3 Å². The lowest BCUT2D eigenvalue weighted by Gasteiger charge is -2.32. The van der Waals surface area contributed by atoms with Crippen LogP contribution in [0.5, 0.6) is 0 Å². The van der Waals surface area contributed by atoms with E-state index in [0.29, 0.717) is 11.9 Å². The van der Waals surface area contributed by atoms with E-state index < -0.39 is 0 Å². The SMILES string of the molecule is c1coc(N2CCC(c3nnc4ccc(N5CCC5)nn34)CC2)n1. The molecule has 2 saturated heterocycles. The van der Waals surface area contributed by atoms with Crippen LogP contribution in [0, 0.1) is 0 Å². The third-order valence-corrected chi connectivity index (χ3v) is 5.00. The second-order valence-electron chi connectivity index (χ2n) is 6.44. The number of aromatic nitrogens is 5. The Kier molecular flexibility index (Phi) is 3.14. The summed E-state index contributed by atoms with van der Waals surface area (Å²) in [4.78, 5) is 8.70. The highest BCUT2D eigenvalue weighted by Gasteiger charge is 2.27. The highest BCUT2D eigenvalue weighted by Crippen LogP contribution is 2.29. The number of fused-ring (bicyclic) bond motifs is 1. The highest BCUT2D eigenvalue weighted by molar-refractivity contribution is 5.47. The standard InChI is InChI=1S/C16H19N7O/c1-7-21(8-1)14-3-2-13-18-19-15(23(13)20-14)12-4-9-22(10-5-12)16-17-6-11-24-16/h2-3,6,11-12H,1,4-5,7-10H2. The van der Waals surface area contributed by atoms with Crippen LogP contribution in [-0.2, 0) is 0 Å². The van der Waals surface area contributed by atoms with Crippen LogP contribution in [-0.4, -0.2) is 51.0 Å². The van der Waals surface area contributed by atoms with Crippen molar-refractivity contribution in [3.63, 3.8) is 0 Å². The van der Waals surface area contributed by atoms with E-state index in [1.165, 1.54) is 6.42 Å². The summed E-state index contributed by atoms with van der Waals surface area (Å²) in [5.41, 5.74) is 0.824. The molecule has 8 heteroatoms. The molecule has 0 aliphatic carbocycles. The van der Waals surface area contributed by atoms with E-state index in [0.717, 1.165) is 56.3 Å². The topological polar surface area (TPSA) is 75.6 Å². The molecule has 5 heterocycles. The molecule has 8 nitrogen and oxygen atoms in total. The number of rotatable bonds is 3. The molecule has 0 atom stereocenters. The Morgan fingerprint density at radius 2 is 1.88 bits per heavy atom. The zero-order valence-corrected chi connectivity index (χ0v) is 13.4. The first-order chi connectivity index (χ1) is 11.9. The second kappa shape index (κ2) is 5.47. The van der Waals surface area contributed by atoms with Crippen molar-refractivity contribution in [3.8, 4) is 0 Å². The number of piperidine rings is 1. The zero-order valence-electron chi connectivity index (χ0n) is 13.4. The summed E-state index contributed by atoms with van der Waals surface area (Å²) in [6.07, 6.45) is 6.55. The van der Waals surface area contributed by atoms with Gasteiger partial charge in [0.15, 0.2) is 11.5 Å². The molecule has 3 aromatic rings. The molecule has 0 spiro atoms. The summed E-state index contributed by atoms with van der Waals surface area (Å²) in [5.74, 6) is 2.36. The summed E-state index contributed by atoms with van der Waals surface area (Å²) in [7, 11) is 0. The van der Waals surface area contributed by atoms with Crippen molar-refractivity contribution in [1.29, 1.82) is 0 Å². The molecule has 2 aliphatic heterocycles. The van der Waals surface area contributed by atoms with E-state index in [1.54, 1.807) is 12.5 Å². The fourth-order valence-electron chi connectivity index (χ4n) is 3.47. The molecule has 24 heavy (non-hydrogen) atoms. The monoisotopic (exact) mass is 325 g/mol. The average molecular weight is 325 g/mol. The lowest BCUT2D eigenvalue weighted by atomic mass is 9.96. The van der Waals surface area contributed by atoms with Gasteiger partial charge >= 0.3 is 0 Å². The van der Waals surface area contributed by atoms with Crippen LogP contribution in [0.15, 0.2) is 29.0 Å². The highest BCUT2D eigenvalue weighted by atomic mass is 16.4. The smallest absolute Gasteiger partial charge is 0.297 e. The zero-order chi connectivity index (χ0) is 15.9. The molecule has 2 fully saturated rings. The molecule has 0 bridgehead atoms. The van der Waals surface area contributed by atoms with Gasteiger partial charge in [-0.05, 0) is 31.4 Å². The average Bonchev–Trinajstić information content (AvgIpc) is 3.23. The summed E-state index contributed by atoms with van der Waals surface area (Å²) in [6, 6.07) is 4.76. The molecular weight excluding hydrogens is 306 g/mol. The largest absolute Gasteiger partial charge is 0.432 e. The van der Waals surface area contributed by atoms with Crippen molar-refractivity contribution in [2.75, 3.05) is 36.0 Å². The van der Waals surface area contributed by atoms with Crippen LogP contribution in [0.2, 0.25) is 0 Å². The van der Waals surface area contributed by atoms with Crippen molar-refractivity contribution in [1.82, 2.24) is 24.8 Å². The van der Waals surface area contributed by atoms with E-state index in [2.05, 4.69) is 25.0 Å². The number of anilines is 2. The van der Waals surface area contributed by atoms with Crippen LogP contribution in [0.3, 0.4) is 0 Å². The van der Waals surface area contributed by atoms with E-state index in [9.17, 15) is 0 Å². The Hall–Kier alpha value is -2.64. The van der Waals surface area contributed by atoms with Gasteiger partial charge in [0.05, 0.1) is 6.20 Å². The molecule has 3 aromatic heterocycles. The molecule has 0 unspecified atom stereocenters. The second-order valence-corrected chi connectivity index (χ2v) is 6.44. The van der Waals surface area contributed by atoms with E-state index >= 15 is 0 Å². The quantitative estimate of drug-likeness (QED) is 0.725. The molecule has 0 aromatic carbocycles. The van der Waals surface area contributed by atoms with Crippen LogP contribution in [0.4, 0.5) is 11.8 Å². The molecule has 5 rings (SSSR count). The van der Waals surface area contributed by atoms with E-state index in [1.807, 2.05) is 16.6 Å². The molecular formula is C16H19N7O. The Morgan fingerprint density at radius 1 is 1.00 bits per heavy atom. The molecule has 0 N–H and O–H groups in total. The Labute approximate surface area is 139 Å². The maximum Gasteiger partial charge on any atom is 0.297 e. The Morgan fingerprint density at radius 3 is 2.58 bits per heavy atom. The number of hydrogen-bond donors (Lipinski definition) is 0. The van der Waals surface area contributed by atoms with E-state index in [-0.39, 0.29) is 0 Å². The van der Waals surface area contributed by atoms with Gasteiger partial charge in [0, 0.05) is 32.1 Å². The van der Waals surface area contributed by atoms with Gasteiger partial charge in [-0.25, -0.2) is 4.98 Å². The first kappa shape index (κ1) is 13.8. The van der Waals surface area contributed by atoms with Crippen LogP contribution < -0.4 is 9.80 Å². The Bertz CT molecular complexity index is 831. The van der Waals surface area contributed by atoms with E-state index in [4.69, 9.17) is 9.52 Å². The maximum atomic E-state index is 5.39. The molecule has 0 amide bonds. The fraction of sp³-hybridized carbons (Fsp3) is 0.500. The molecule has 124 valence electrons. The lowest BCUT2D eigenvalue weighted by Crippen LogP contribution is -2.38. The van der Waals surface area contributed by atoms with Gasteiger partial charge < -0.3 is 14.2 Å². The maximum absolute atomic E-state index is 5.39. The minimum Gasteiger partial charge on any atom is -0.432 e. The lowest BCUT2D eigenvalue weighted by molar-refractivity contribution is 0.442. The normalized spacial score (nSPS) is 19.0.